The number of rotatable bonds is 6. The molecule has 2 N–H and O–H groups in total. The van der Waals surface area contributed by atoms with Gasteiger partial charge in [-0.05, 0) is 48.0 Å². The number of aliphatic hydroxyl groups excluding tert-OH is 1. The van der Waals surface area contributed by atoms with Crippen molar-refractivity contribution < 1.29 is 33.7 Å². The number of aliphatic hydroxyl groups is 1. The fraction of sp³-hybridized carbons (Fsp3) is 0.167. The molecular formula is C24H21NO7. The number of benzene rings is 2. The zero-order valence-corrected chi connectivity index (χ0v) is 17.4. The van der Waals surface area contributed by atoms with Crippen LogP contribution in [0.1, 0.15) is 22.9 Å². The molecule has 1 aliphatic rings. The van der Waals surface area contributed by atoms with Crippen LogP contribution in [0.3, 0.4) is 0 Å². The maximum absolute atomic E-state index is 13.0. The summed E-state index contributed by atoms with van der Waals surface area (Å²) in [4.78, 5) is 27.3. The van der Waals surface area contributed by atoms with Gasteiger partial charge in [-0.2, -0.15) is 0 Å². The van der Waals surface area contributed by atoms with Gasteiger partial charge >= 0.3 is 0 Å². The Balaban J connectivity index is 1.88. The minimum atomic E-state index is -0.930. The lowest BCUT2D eigenvalue weighted by Gasteiger charge is -2.24. The van der Waals surface area contributed by atoms with Crippen LogP contribution in [0, 0.1) is 0 Å². The molecule has 1 amide bonds. The number of hydrogen-bond donors (Lipinski definition) is 2. The van der Waals surface area contributed by atoms with Gasteiger partial charge < -0.3 is 29.0 Å². The summed E-state index contributed by atoms with van der Waals surface area (Å²) >= 11 is 0. The molecule has 32 heavy (non-hydrogen) atoms. The molecule has 0 saturated carbocycles. The van der Waals surface area contributed by atoms with Gasteiger partial charge in [0.2, 0.25) is 0 Å². The van der Waals surface area contributed by atoms with E-state index < -0.39 is 17.7 Å². The summed E-state index contributed by atoms with van der Waals surface area (Å²) in [7, 11) is 2.94. The van der Waals surface area contributed by atoms with Gasteiger partial charge in [0.25, 0.3) is 11.7 Å². The molecule has 4 rings (SSSR count). The second kappa shape index (κ2) is 8.50. The van der Waals surface area contributed by atoms with E-state index in [1.165, 1.54) is 43.6 Å². The van der Waals surface area contributed by atoms with Gasteiger partial charge in [0.05, 0.1) is 38.6 Å². The summed E-state index contributed by atoms with van der Waals surface area (Å²) in [6, 6.07) is 13.3. The molecule has 0 spiro atoms. The van der Waals surface area contributed by atoms with Gasteiger partial charge in [0, 0.05) is 5.56 Å². The van der Waals surface area contributed by atoms with E-state index in [-0.39, 0.29) is 29.2 Å². The summed E-state index contributed by atoms with van der Waals surface area (Å²) < 4.78 is 15.9. The lowest BCUT2D eigenvalue weighted by atomic mass is 9.95. The van der Waals surface area contributed by atoms with Gasteiger partial charge in [0.1, 0.15) is 17.3 Å². The normalized spacial score (nSPS) is 17.6. The number of phenolic OH excluding ortho intramolecular Hbond substituents is 1. The SMILES string of the molecule is COc1ccc(/C(O)=C2/C(=O)C(=O)N(Cc3ccco3)C2c2cccc(O)c2)cc1OC. The van der Waals surface area contributed by atoms with Crippen LogP contribution in [0.5, 0.6) is 17.2 Å². The Labute approximate surface area is 183 Å². The molecule has 0 bridgehead atoms. The van der Waals surface area contributed by atoms with Crippen molar-refractivity contribution in [2.75, 3.05) is 14.2 Å². The van der Waals surface area contributed by atoms with E-state index in [9.17, 15) is 19.8 Å². The van der Waals surface area contributed by atoms with Crippen molar-refractivity contribution in [2.45, 2.75) is 12.6 Å². The Hall–Kier alpha value is -4.20. The Morgan fingerprint density at radius 3 is 2.47 bits per heavy atom. The standard InChI is InChI=1S/C24H21NO7/c1-30-18-9-8-15(12-19(18)31-2)22(27)20-21(14-5-3-6-16(26)11-14)25(24(29)23(20)28)13-17-7-4-10-32-17/h3-12,21,26-27H,13H2,1-2H3/b22-20-. The smallest absolute Gasteiger partial charge is 0.296 e. The molecule has 0 radical (unpaired) electrons. The summed E-state index contributed by atoms with van der Waals surface area (Å²) in [5.74, 6) is -0.726. The van der Waals surface area contributed by atoms with E-state index in [0.717, 1.165) is 0 Å². The number of likely N-dealkylation sites (tertiary alicyclic amines) is 1. The average Bonchev–Trinajstić information content (AvgIpc) is 3.40. The van der Waals surface area contributed by atoms with Crippen LogP contribution in [0.2, 0.25) is 0 Å². The molecule has 1 aliphatic heterocycles. The van der Waals surface area contributed by atoms with Gasteiger partial charge in [-0.15, -0.1) is 0 Å². The zero-order chi connectivity index (χ0) is 22.8. The predicted octanol–water partition coefficient (Wildman–Crippen LogP) is 3.62. The first-order valence-electron chi connectivity index (χ1n) is 9.76. The van der Waals surface area contributed by atoms with Gasteiger partial charge in [-0.25, -0.2) is 0 Å². The second-order valence-corrected chi connectivity index (χ2v) is 7.17. The van der Waals surface area contributed by atoms with Crippen LogP contribution in [0.15, 0.2) is 70.9 Å². The zero-order valence-electron chi connectivity index (χ0n) is 17.4. The number of hydrogen-bond acceptors (Lipinski definition) is 7. The van der Waals surface area contributed by atoms with Crippen LogP contribution in [-0.2, 0) is 16.1 Å². The lowest BCUT2D eigenvalue weighted by Crippen LogP contribution is -2.29. The second-order valence-electron chi connectivity index (χ2n) is 7.17. The first-order chi connectivity index (χ1) is 15.4. The quantitative estimate of drug-likeness (QED) is 0.346. The third-order valence-corrected chi connectivity index (χ3v) is 5.29. The monoisotopic (exact) mass is 435 g/mol. The fourth-order valence-electron chi connectivity index (χ4n) is 3.79. The molecule has 2 heterocycles. The Morgan fingerprint density at radius 2 is 1.81 bits per heavy atom. The van der Waals surface area contributed by atoms with Crippen molar-refractivity contribution in [2.24, 2.45) is 0 Å². The number of aromatic hydroxyl groups is 1. The molecule has 1 aromatic heterocycles. The van der Waals surface area contributed by atoms with Crippen molar-refractivity contribution in [1.29, 1.82) is 0 Å². The van der Waals surface area contributed by atoms with E-state index in [1.807, 2.05) is 0 Å². The Bertz CT molecular complexity index is 1200. The molecule has 1 fully saturated rings. The number of methoxy groups -OCH3 is 2. The maximum atomic E-state index is 13.0. The number of ketones is 1. The van der Waals surface area contributed by atoms with Gasteiger partial charge in [0.15, 0.2) is 11.5 Å². The third-order valence-electron chi connectivity index (χ3n) is 5.29. The van der Waals surface area contributed by atoms with E-state index in [4.69, 9.17) is 13.9 Å². The minimum absolute atomic E-state index is 0.0145. The molecule has 1 saturated heterocycles. The number of nitrogens with zero attached hydrogens (tertiary/aromatic N) is 1. The number of carbonyl (C=O) groups is 2. The van der Waals surface area contributed by atoms with Crippen LogP contribution in [0.4, 0.5) is 0 Å². The molecule has 8 nitrogen and oxygen atoms in total. The van der Waals surface area contributed by atoms with Crippen molar-refractivity contribution in [3.05, 3.63) is 83.3 Å². The van der Waals surface area contributed by atoms with E-state index >= 15 is 0 Å². The highest BCUT2D eigenvalue weighted by Crippen LogP contribution is 2.42. The summed E-state index contributed by atoms with van der Waals surface area (Å²) in [5.41, 5.74) is 0.654. The Kier molecular flexibility index (Phi) is 5.59. The van der Waals surface area contributed by atoms with Crippen LogP contribution in [-0.4, -0.2) is 41.0 Å². The Morgan fingerprint density at radius 1 is 1.03 bits per heavy atom. The first-order valence-corrected chi connectivity index (χ1v) is 9.76. The van der Waals surface area contributed by atoms with Crippen LogP contribution >= 0.6 is 0 Å². The number of furan rings is 1. The van der Waals surface area contributed by atoms with Crippen molar-refractivity contribution in [3.8, 4) is 17.2 Å². The topological polar surface area (TPSA) is 109 Å². The number of amides is 1. The van der Waals surface area contributed by atoms with E-state index in [2.05, 4.69) is 0 Å². The molecule has 1 unspecified atom stereocenters. The highest BCUT2D eigenvalue weighted by molar-refractivity contribution is 6.46. The molecule has 3 aromatic rings. The highest BCUT2D eigenvalue weighted by atomic mass is 16.5. The number of carbonyl (C=O) groups excluding carboxylic acids is 2. The maximum Gasteiger partial charge on any atom is 0.296 e. The molecule has 164 valence electrons. The molecule has 8 heteroatoms. The highest BCUT2D eigenvalue weighted by Gasteiger charge is 2.46. The minimum Gasteiger partial charge on any atom is -0.508 e. The summed E-state index contributed by atoms with van der Waals surface area (Å²) in [5, 5.41) is 21.1. The number of Topliss-reactive ketones (excluding diaryl/α,β-unsaturated/α-hetero) is 1. The van der Waals surface area contributed by atoms with Crippen molar-refractivity contribution in [3.63, 3.8) is 0 Å². The predicted molar refractivity (Wildman–Crippen MR) is 114 cm³/mol. The molecular weight excluding hydrogens is 414 g/mol. The largest absolute Gasteiger partial charge is 0.508 e. The van der Waals surface area contributed by atoms with Crippen molar-refractivity contribution in [1.82, 2.24) is 4.90 Å². The lowest BCUT2D eigenvalue weighted by molar-refractivity contribution is -0.140. The van der Waals surface area contributed by atoms with Crippen LogP contribution < -0.4 is 9.47 Å². The van der Waals surface area contributed by atoms with Crippen molar-refractivity contribution >= 4 is 17.4 Å². The van der Waals surface area contributed by atoms with Gasteiger partial charge in [-0.1, -0.05) is 12.1 Å². The van der Waals surface area contributed by atoms with E-state index in [1.54, 1.807) is 36.4 Å². The number of phenols is 1. The fourth-order valence-corrected chi connectivity index (χ4v) is 3.79. The molecule has 0 aliphatic carbocycles. The van der Waals surface area contributed by atoms with Gasteiger partial charge in [-0.3, -0.25) is 9.59 Å². The molecule has 2 aromatic carbocycles. The molecule has 1 atom stereocenters. The number of ether oxygens (including phenoxy) is 2. The summed E-state index contributed by atoms with van der Waals surface area (Å²) in [6.45, 7) is 0.0145. The average molecular weight is 435 g/mol. The van der Waals surface area contributed by atoms with E-state index in [0.29, 0.717) is 22.8 Å². The first kappa shape index (κ1) is 21.0. The summed E-state index contributed by atoms with van der Waals surface area (Å²) in [6.07, 6.45) is 1.47. The third kappa shape index (κ3) is 3.66. The van der Waals surface area contributed by atoms with Crippen LogP contribution in [0.25, 0.3) is 5.76 Å².